The normalized spacial score (nSPS) is 10.4. The molecular weight excluding hydrogens is 304 g/mol. The van der Waals surface area contributed by atoms with Crippen LogP contribution < -0.4 is 5.49 Å². The van der Waals surface area contributed by atoms with E-state index >= 15 is 0 Å². The number of aromatic nitrogens is 3. The van der Waals surface area contributed by atoms with Crippen LogP contribution >= 0.6 is 23.6 Å². The molecule has 0 saturated carbocycles. The lowest BCUT2D eigenvalue weighted by Crippen LogP contribution is -2.20. The third kappa shape index (κ3) is 1.74. The summed E-state index contributed by atoms with van der Waals surface area (Å²) in [6, 6.07) is 7.86. The zero-order chi connectivity index (χ0) is 15.1. The molecule has 3 aromatic heterocycles. The molecule has 3 heterocycles. The van der Waals surface area contributed by atoms with Crippen molar-refractivity contribution in [2.75, 3.05) is 0 Å². The van der Waals surface area contributed by atoms with Crippen LogP contribution in [0.2, 0.25) is 0 Å². The Hall–Kier alpha value is -2.68. The molecule has 0 aromatic carbocycles. The molecule has 3 aromatic rings. The van der Waals surface area contributed by atoms with Crippen molar-refractivity contribution in [2.24, 2.45) is 7.05 Å². The first-order chi connectivity index (χ1) is 10.1. The van der Waals surface area contributed by atoms with E-state index in [4.69, 9.17) is 17.6 Å². The molecule has 2 N–H and O–H groups in total. The standard InChI is InChI=1S/C13H8N6S2/c1-18-12-8(6-15)10(9-3-2-4-21-9)7(5-14)11(16)19(12)17-13(18)20/h2-4,16H,1H3,(H,17,20). The summed E-state index contributed by atoms with van der Waals surface area (Å²) in [6.07, 6.45) is 0. The second-order valence-corrected chi connectivity index (χ2v) is 5.64. The summed E-state index contributed by atoms with van der Waals surface area (Å²) in [4.78, 5) is 0.784. The maximum atomic E-state index is 9.57. The molecule has 8 heteroatoms. The Morgan fingerprint density at radius 2 is 2.05 bits per heavy atom. The van der Waals surface area contributed by atoms with E-state index < -0.39 is 0 Å². The Kier molecular flexibility index (Phi) is 2.98. The number of thiophene rings is 1. The van der Waals surface area contributed by atoms with Crippen molar-refractivity contribution in [2.45, 2.75) is 0 Å². The van der Waals surface area contributed by atoms with Crippen molar-refractivity contribution in [1.29, 1.82) is 15.9 Å². The van der Waals surface area contributed by atoms with Gasteiger partial charge in [-0.1, -0.05) is 6.07 Å². The van der Waals surface area contributed by atoms with Crippen LogP contribution in [0.15, 0.2) is 17.5 Å². The SMILES string of the molecule is Cn1c(=S)[nH]n2c(=N)c(C#N)c(-c3cccs3)c(C#N)c12. The molecular formula is C13H8N6S2. The number of nitriles is 2. The molecule has 0 unspecified atom stereocenters. The minimum absolute atomic E-state index is 0.0124. The third-order valence-corrected chi connectivity index (χ3v) is 4.47. The smallest absolute Gasteiger partial charge is 0.193 e. The molecule has 6 nitrogen and oxygen atoms in total. The summed E-state index contributed by atoms with van der Waals surface area (Å²) < 4.78 is 3.38. The maximum Gasteiger partial charge on any atom is 0.193 e. The molecule has 21 heavy (non-hydrogen) atoms. The first kappa shape index (κ1) is 13.3. The molecule has 0 aliphatic carbocycles. The van der Waals surface area contributed by atoms with Crippen molar-refractivity contribution in [3.8, 4) is 22.6 Å². The number of aryl methyl sites for hydroxylation is 1. The Bertz CT molecular complexity index is 1050. The van der Waals surface area contributed by atoms with E-state index in [9.17, 15) is 10.5 Å². The van der Waals surface area contributed by atoms with E-state index in [1.54, 1.807) is 11.6 Å². The second kappa shape index (κ2) is 4.70. The lowest BCUT2D eigenvalue weighted by molar-refractivity contribution is 0.862. The number of H-pyrrole nitrogens is 1. The van der Waals surface area contributed by atoms with Crippen molar-refractivity contribution < 1.29 is 0 Å². The highest BCUT2D eigenvalue weighted by Gasteiger charge is 2.21. The van der Waals surface area contributed by atoms with Gasteiger partial charge in [-0.2, -0.15) is 10.5 Å². The van der Waals surface area contributed by atoms with Gasteiger partial charge in [-0.3, -0.25) is 10.5 Å². The first-order valence-electron chi connectivity index (χ1n) is 5.86. The maximum absolute atomic E-state index is 9.57. The van der Waals surface area contributed by atoms with Crippen molar-refractivity contribution in [3.05, 3.63) is 38.9 Å². The molecule has 0 aliphatic heterocycles. The minimum Gasteiger partial charge on any atom is -0.304 e. The molecule has 0 amide bonds. The number of nitrogens with zero attached hydrogens (tertiary/aromatic N) is 4. The van der Waals surface area contributed by atoms with Gasteiger partial charge in [0.1, 0.15) is 23.3 Å². The van der Waals surface area contributed by atoms with Crippen molar-refractivity contribution in [1.82, 2.24) is 14.2 Å². The molecule has 102 valence electrons. The van der Waals surface area contributed by atoms with Crippen LogP contribution in [0, 0.1) is 32.8 Å². The van der Waals surface area contributed by atoms with Gasteiger partial charge in [0.25, 0.3) is 0 Å². The predicted molar refractivity (Wildman–Crippen MR) is 80.2 cm³/mol. The fourth-order valence-electron chi connectivity index (χ4n) is 2.26. The van der Waals surface area contributed by atoms with E-state index in [0.717, 1.165) is 4.88 Å². The molecule has 0 radical (unpaired) electrons. The Morgan fingerprint density at radius 1 is 1.33 bits per heavy atom. The fraction of sp³-hybridized carbons (Fsp3) is 0.0769. The number of aromatic amines is 1. The van der Waals surface area contributed by atoms with E-state index in [-0.39, 0.29) is 11.1 Å². The molecule has 0 bridgehead atoms. The van der Waals surface area contributed by atoms with E-state index in [0.29, 0.717) is 21.5 Å². The lowest BCUT2D eigenvalue weighted by atomic mass is 10.0. The monoisotopic (exact) mass is 312 g/mol. The van der Waals surface area contributed by atoms with Crippen LogP contribution in [0.3, 0.4) is 0 Å². The van der Waals surface area contributed by atoms with Crippen LogP contribution in [-0.2, 0) is 7.05 Å². The highest BCUT2D eigenvalue weighted by molar-refractivity contribution is 7.71. The molecule has 0 atom stereocenters. The summed E-state index contributed by atoms with van der Waals surface area (Å²) in [5, 5.41) is 31.9. The van der Waals surface area contributed by atoms with Gasteiger partial charge >= 0.3 is 0 Å². The molecule has 0 fully saturated rings. The quantitative estimate of drug-likeness (QED) is 0.675. The minimum atomic E-state index is -0.0124. The molecule has 0 spiro atoms. The van der Waals surface area contributed by atoms with Crippen LogP contribution in [0.1, 0.15) is 11.1 Å². The Labute approximate surface area is 128 Å². The average molecular weight is 312 g/mol. The van der Waals surface area contributed by atoms with Crippen LogP contribution in [0.25, 0.3) is 16.1 Å². The zero-order valence-corrected chi connectivity index (χ0v) is 12.5. The fourth-order valence-corrected chi connectivity index (χ4v) is 3.22. The molecule has 0 saturated heterocycles. The van der Waals surface area contributed by atoms with Gasteiger partial charge in [-0.05, 0) is 23.7 Å². The summed E-state index contributed by atoms with van der Waals surface area (Å²) in [5.41, 5.74) is 1.45. The second-order valence-electron chi connectivity index (χ2n) is 4.31. The first-order valence-corrected chi connectivity index (χ1v) is 7.15. The highest BCUT2D eigenvalue weighted by Crippen LogP contribution is 2.31. The predicted octanol–water partition coefficient (Wildman–Crippen LogP) is 2.29. The van der Waals surface area contributed by atoms with Crippen molar-refractivity contribution >= 4 is 29.2 Å². The summed E-state index contributed by atoms with van der Waals surface area (Å²) in [5.74, 6) is 0. The van der Waals surface area contributed by atoms with Crippen molar-refractivity contribution in [3.63, 3.8) is 0 Å². The van der Waals surface area contributed by atoms with Crippen LogP contribution in [0.4, 0.5) is 0 Å². The average Bonchev–Trinajstić information content (AvgIpc) is 3.09. The van der Waals surface area contributed by atoms with Gasteiger partial charge in [0.05, 0.1) is 0 Å². The van der Waals surface area contributed by atoms with E-state index in [2.05, 4.69) is 11.2 Å². The molecule has 0 aliphatic rings. The number of fused-ring (bicyclic) bond motifs is 1. The zero-order valence-electron chi connectivity index (χ0n) is 10.8. The van der Waals surface area contributed by atoms with Gasteiger partial charge in [0.2, 0.25) is 0 Å². The third-order valence-electron chi connectivity index (χ3n) is 3.22. The number of hydrogen-bond acceptors (Lipinski definition) is 5. The van der Waals surface area contributed by atoms with Crippen LogP contribution in [-0.4, -0.2) is 14.2 Å². The number of pyridine rings is 1. The Morgan fingerprint density at radius 3 is 2.62 bits per heavy atom. The number of hydrogen-bond donors (Lipinski definition) is 2. The summed E-state index contributed by atoms with van der Waals surface area (Å²) >= 11 is 6.58. The largest absolute Gasteiger partial charge is 0.304 e. The van der Waals surface area contributed by atoms with Gasteiger partial charge in [0, 0.05) is 17.5 Å². The van der Waals surface area contributed by atoms with Gasteiger partial charge < -0.3 is 4.57 Å². The van der Waals surface area contributed by atoms with E-state index in [1.165, 1.54) is 15.9 Å². The molecule has 3 rings (SSSR count). The van der Waals surface area contributed by atoms with E-state index in [1.807, 2.05) is 23.6 Å². The number of nitrogens with one attached hydrogen (secondary N) is 2. The lowest BCUT2D eigenvalue weighted by Gasteiger charge is -2.08. The van der Waals surface area contributed by atoms with Crippen LogP contribution in [0.5, 0.6) is 0 Å². The highest BCUT2D eigenvalue weighted by atomic mass is 32.1. The van der Waals surface area contributed by atoms with Gasteiger partial charge in [-0.25, -0.2) is 4.52 Å². The van der Waals surface area contributed by atoms with Gasteiger partial charge in [-0.15, -0.1) is 11.3 Å². The Balaban J connectivity index is 2.68. The summed E-state index contributed by atoms with van der Waals surface area (Å²) in [6.45, 7) is 0. The number of rotatable bonds is 1. The topological polar surface area (TPSA) is 96.6 Å². The van der Waals surface area contributed by atoms with Gasteiger partial charge in [0.15, 0.2) is 15.9 Å². The summed E-state index contributed by atoms with van der Waals surface area (Å²) in [7, 11) is 1.72.